The van der Waals surface area contributed by atoms with E-state index in [0.29, 0.717) is 18.4 Å². The topological polar surface area (TPSA) is 84.4 Å². The van der Waals surface area contributed by atoms with Gasteiger partial charge in [0.2, 0.25) is 5.89 Å². The van der Waals surface area contributed by atoms with Gasteiger partial charge >= 0.3 is 6.03 Å². The van der Waals surface area contributed by atoms with Crippen LogP contribution in [0.4, 0.5) is 4.79 Å². The molecule has 3 heterocycles. The van der Waals surface area contributed by atoms with E-state index in [-0.39, 0.29) is 6.03 Å². The maximum Gasteiger partial charge on any atom is 0.317 e. The van der Waals surface area contributed by atoms with Crippen molar-refractivity contribution >= 4 is 6.03 Å². The molecule has 23 heavy (non-hydrogen) atoms. The van der Waals surface area contributed by atoms with Gasteiger partial charge in [-0.25, -0.2) is 4.79 Å². The summed E-state index contributed by atoms with van der Waals surface area (Å²) in [6, 6.07) is 3.65. The predicted molar refractivity (Wildman–Crippen MR) is 82.6 cm³/mol. The van der Waals surface area contributed by atoms with Gasteiger partial charge in [-0.2, -0.15) is 4.98 Å². The number of likely N-dealkylation sites (tertiary alicyclic amines) is 1. The Hall–Kier alpha value is -2.31. The van der Waals surface area contributed by atoms with Gasteiger partial charge < -0.3 is 19.2 Å². The Morgan fingerprint density at radius 3 is 2.91 bits per heavy atom. The van der Waals surface area contributed by atoms with Gasteiger partial charge in [-0.05, 0) is 37.3 Å². The van der Waals surface area contributed by atoms with Crippen molar-refractivity contribution in [2.24, 2.45) is 5.92 Å². The van der Waals surface area contributed by atoms with Crippen LogP contribution in [0.2, 0.25) is 0 Å². The van der Waals surface area contributed by atoms with Crippen LogP contribution in [-0.2, 0) is 13.0 Å². The first-order valence-electron chi connectivity index (χ1n) is 8.05. The van der Waals surface area contributed by atoms with E-state index < -0.39 is 0 Å². The molecule has 2 aromatic rings. The zero-order valence-electron chi connectivity index (χ0n) is 13.3. The number of nitrogens with zero attached hydrogens (tertiary/aromatic N) is 3. The van der Waals surface area contributed by atoms with Crippen LogP contribution in [-0.4, -0.2) is 34.2 Å². The highest BCUT2D eigenvalue weighted by Crippen LogP contribution is 2.22. The molecule has 124 valence electrons. The summed E-state index contributed by atoms with van der Waals surface area (Å²) in [5.74, 6) is 2.77. The van der Waals surface area contributed by atoms with Crippen molar-refractivity contribution in [1.82, 2.24) is 20.4 Å². The zero-order valence-corrected chi connectivity index (χ0v) is 13.3. The maximum absolute atomic E-state index is 12.1. The Balaban J connectivity index is 1.36. The largest absolute Gasteiger partial charge is 0.467 e. The lowest BCUT2D eigenvalue weighted by Gasteiger charge is -2.31. The fourth-order valence-corrected chi connectivity index (χ4v) is 2.89. The Labute approximate surface area is 135 Å². The van der Waals surface area contributed by atoms with Gasteiger partial charge in [0.25, 0.3) is 0 Å². The molecule has 2 amide bonds. The van der Waals surface area contributed by atoms with Crippen molar-refractivity contribution < 1.29 is 13.7 Å². The van der Waals surface area contributed by atoms with Gasteiger partial charge in [0.15, 0.2) is 5.82 Å². The van der Waals surface area contributed by atoms with Crippen molar-refractivity contribution in [2.75, 3.05) is 13.1 Å². The van der Waals surface area contributed by atoms with Gasteiger partial charge in [-0.3, -0.25) is 0 Å². The standard InChI is InChI=1S/C16H22N4O3/c1-12-18-15(19-23-12)5-4-13-6-8-20(9-7-13)16(21)17-11-14-3-2-10-22-14/h2-3,10,13H,4-9,11H2,1H3,(H,17,21). The summed E-state index contributed by atoms with van der Waals surface area (Å²) in [5, 5.41) is 6.81. The van der Waals surface area contributed by atoms with Gasteiger partial charge in [-0.15, -0.1) is 0 Å². The lowest BCUT2D eigenvalue weighted by Crippen LogP contribution is -2.44. The minimum atomic E-state index is -0.0198. The molecular weight excluding hydrogens is 296 g/mol. The second kappa shape index (κ2) is 7.30. The minimum Gasteiger partial charge on any atom is -0.467 e. The van der Waals surface area contributed by atoms with E-state index in [1.807, 2.05) is 17.0 Å². The molecule has 1 aliphatic rings. The number of carbonyl (C=O) groups is 1. The SMILES string of the molecule is Cc1nc(CCC2CCN(C(=O)NCc3ccco3)CC2)no1. The smallest absolute Gasteiger partial charge is 0.317 e. The van der Waals surface area contributed by atoms with Gasteiger partial charge in [0.05, 0.1) is 12.8 Å². The van der Waals surface area contributed by atoms with Crippen molar-refractivity contribution in [1.29, 1.82) is 0 Å². The molecule has 0 atom stereocenters. The van der Waals surface area contributed by atoms with Crippen molar-refractivity contribution in [3.8, 4) is 0 Å². The van der Waals surface area contributed by atoms with Crippen LogP contribution in [0, 0.1) is 12.8 Å². The molecule has 0 aliphatic carbocycles. The highest BCUT2D eigenvalue weighted by atomic mass is 16.5. The second-order valence-electron chi connectivity index (χ2n) is 5.94. The predicted octanol–water partition coefficient (Wildman–Crippen LogP) is 2.53. The van der Waals surface area contributed by atoms with Gasteiger partial charge in [0, 0.05) is 26.4 Å². The molecule has 7 nitrogen and oxygen atoms in total. The number of carbonyl (C=O) groups excluding carboxylic acids is 1. The average Bonchev–Trinajstić information content (AvgIpc) is 3.22. The van der Waals surface area contributed by atoms with Crippen molar-refractivity contribution in [2.45, 2.75) is 39.2 Å². The molecule has 0 spiro atoms. The fraction of sp³-hybridized carbons (Fsp3) is 0.562. The number of hydrogen-bond acceptors (Lipinski definition) is 5. The molecule has 0 saturated carbocycles. The Bertz CT molecular complexity index is 615. The monoisotopic (exact) mass is 318 g/mol. The number of aromatic nitrogens is 2. The second-order valence-corrected chi connectivity index (χ2v) is 5.94. The number of furan rings is 1. The van der Waals surface area contributed by atoms with Gasteiger partial charge in [0.1, 0.15) is 5.76 Å². The molecule has 0 bridgehead atoms. The molecule has 1 saturated heterocycles. The lowest BCUT2D eigenvalue weighted by molar-refractivity contribution is 0.167. The van der Waals surface area contributed by atoms with E-state index in [1.54, 1.807) is 13.2 Å². The number of hydrogen-bond donors (Lipinski definition) is 1. The van der Waals surface area contributed by atoms with Crippen molar-refractivity contribution in [3.63, 3.8) is 0 Å². The summed E-state index contributed by atoms with van der Waals surface area (Å²) in [6.45, 7) is 3.82. The minimum absolute atomic E-state index is 0.0198. The van der Waals surface area contributed by atoms with E-state index in [1.165, 1.54) is 0 Å². The first kappa shape index (κ1) is 15.6. The molecule has 0 unspecified atom stereocenters. The number of rotatable bonds is 5. The van der Waals surface area contributed by atoms with E-state index >= 15 is 0 Å². The molecule has 7 heteroatoms. The number of amides is 2. The first-order valence-corrected chi connectivity index (χ1v) is 8.05. The van der Waals surface area contributed by atoms with Crippen LogP contribution in [0.5, 0.6) is 0 Å². The Morgan fingerprint density at radius 1 is 1.43 bits per heavy atom. The lowest BCUT2D eigenvalue weighted by atomic mass is 9.92. The number of piperidine rings is 1. The fourth-order valence-electron chi connectivity index (χ4n) is 2.89. The van der Waals surface area contributed by atoms with Crippen LogP contribution < -0.4 is 5.32 Å². The summed E-state index contributed by atoms with van der Waals surface area (Å²) in [7, 11) is 0. The van der Waals surface area contributed by atoms with E-state index in [2.05, 4.69) is 15.5 Å². The van der Waals surface area contributed by atoms with Crippen molar-refractivity contribution in [3.05, 3.63) is 35.9 Å². The number of urea groups is 1. The van der Waals surface area contributed by atoms with E-state index in [4.69, 9.17) is 8.94 Å². The van der Waals surface area contributed by atoms with E-state index in [0.717, 1.165) is 50.4 Å². The summed E-state index contributed by atoms with van der Waals surface area (Å²) < 4.78 is 10.2. The molecule has 1 aliphatic heterocycles. The quantitative estimate of drug-likeness (QED) is 0.915. The van der Waals surface area contributed by atoms with Gasteiger partial charge in [-0.1, -0.05) is 5.16 Å². The number of aryl methyl sites for hydroxylation is 2. The summed E-state index contributed by atoms with van der Waals surface area (Å²) >= 11 is 0. The molecule has 1 fully saturated rings. The van der Waals surface area contributed by atoms with Crippen LogP contribution in [0.3, 0.4) is 0 Å². The summed E-state index contributed by atoms with van der Waals surface area (Å²) in [5.41, 5.74) is 0. The molecule has 3 rings (SSSR count). The zero-order chi connectivity index (χ0) is 16.1. The average molecular weight is 318 g/mol. The summed E-state index contributed by atoms with van der Waals surface area (Å²) in [4.78, 5) is 18.2. The highest BCUT2D eigenvalue weighted by molar-refractivity contribution is 5.74. The van der Waals surface area contributed by atoms with Crippen LogP contribution in [0.15, 0.2) is 27.3 Å². The van der Waals surface area contributed by atoms with Crippen LogP contribution in [0.25, 0.3) is 0 Å². The highest BCUT2D eigenvalue weighted by Gasteiger charge is 2.23. The molecule has 0 radical (unpaired) electrons. The summed E-state index contributed by atoms with van der Waals surface area (Å²) in [6.07, 6.45) is 5.53. The third-order valence-electron chi connectivity index (χ3n) is 4.24. The molecule has 1 N–H and O–H groups in total. The van der Waals surface area contributed by atoms with E-state index in [9.17, 15) is 4.79 Å². The molecule has 0 aromatic carbocycles. The maximum atomic E-state index is 12.1. The third-order valence-corrected chi connectivity index (χ3v) is 4.24. The normalized spacial score (nSPS) is 15.8. The third kappa shape index (κ3) is 4.34. The first-order chi connectivity index (χ1) is 11.2. The Morgan fingerprint density at radius 2 is 2.26 bits per heavy atom. The molecule has 2 aromatic heterocycles. The van der Waals surface area contributed by atoms with Crippen LogP contribution in [0.1, 0.15) is 36.7 Å². The Kier molecular flexibility index (Phi) is 4.95. The molecular formula is C16H22N4O3. The van der Waals surface area contributed by atoms with Crippen LogP contribution >= 0.6 is 0 Å². The number of nitrogens with one attached hydrogen (secondary N) is 1.